The fourth-order valence-corrected chi connectivity index (χ4v) is 2.30. The maximum absolute atomic E-state index is 5.88. The summed E-state index contributed by atoms with van der Waals surface area (Å²) >= 11 is 0. The summed E-state index contributed by atoms with van der Waals surface area (Å²) in [7, 11) is 0. The standard InChI is InChI=1S/C16H18N4/c1-16(2,3)14-9-13(19-15(17)20-14)10-5-4-6-12-11(10)7-8-18-12/h4-9,18H,1-3H3,(H2,17,19,20). The molecule has 1 aromatic carbocycles. The molecule has 0 bridgehead atoms. The van der Waals surface area contributed by atoms with Crippen LogP contribution in [0.2, 0.25) is 0 Å². The van der Waals surface area contributed by atoms with E-state index < -0.39 is 0 Å². The molecule has 20 heavy (non-hydrogen) atoms. The predicted octanol–water partition coefficient (Wildman–Crippen LogP) is 3.50. The number of anilines is 1. The lowest BCUT2D eigenvalue weighted by Gasteiger charge is -2.18. The van der Waals surface area contributed by atoms with Crippen LogP contribution in [0.1, 0.15) is 26.5 Å². The Morgan fingerprint density at radius 1 is 1.10 bits per heavy atom. The summed E-state index contributed by atoms with van der Waals surface area (Å²) in [5, 5.41) is 1.14. The van der Waals surface area contributed by atoms with E-state index in [4.69, 9.17) is 5.73 Å². The van der Waals surface area contributed by atoms with E-state index in [2.05, 4.69) is 47.9 Å². The molecule has 0 atom stereocenters. The summed E-state index contributed by atoms with van der Waals surface area (Å²) < 4.78 is 0. The van der Waals surface area contributed by atoms with Crippen molar-refractivity contribution in [2.45, 2.75) is 26.2 Å². The topological polar surface area (TPSA) is 67.6 Å². The lowest BCUT2D eigenvalue weighted by atomic mass is 9.91. The van der Waals surface area contributed by atoms with Crippen LogP contribution in [0.5, 0.6) is 0 Å². The van der Waals surface area contributed by atoms with Gasteiger partial charge in [0.15, 0.2) is 0 Å². The lowest BCUT2D eigenvalue weighted by Crippen LogP contribution is -2.15. The number of hydrogen-bond donors (Lipinski definition) is 2. The van der Waals surface area contributed by atoms with E-state index >= 15 is 0 Å². The van der Waals surface area contributed by atoms with Crippen molar-refractivity contribution in [3.63, 3.8) is 0 Å². The van der Waals surface area contributed by atoms with Gasteiger partial charge in [-0.05, 0) is 18.2 Å². The van der Waals surface area contributed by atoms with Crippen LogP contribution in [0.15, 0.2) is 36.5 Å². The molecule has 3 N–H and O–H groups in total. The molecule has 102 valence electrons. The molecular weight excluding hydrogens is 248 g/mol. The van der Waals surface area contributed by atoms with Gasteiger partial charge in [0.05, 0.1) is 11.4 Å². The second kappa shape index (κ2) is 4.34. The second-order valence-electron chi connectivity index (χ2n) is 5.99. The van der Waals surface area contributed by atoms with Crippen molar-refractivity contribution >= 4 is 16.9 Å². The zero-order valence-electron chi connectivity index (χ0n) is 11.9. The Morgan fingerprint density at radius 3 is 2.65 bits per heavy atom. The number of aromatic nitrogens is 3. The van der Waals surface area contributed by atoms with Crippen LogP contribution in [0, 0.1) is 0 Å². The van der Waals surface area contributed by atoms with Crippen LogP contribution < -0.4 is 5.73 Å². The second-order valence-corrected chi connectivity index (χ2v) is 5.99. The highest BCUT2D eigenvalue weighted by Crippen LogP contribution is 2.30. The Bertz CT molecular complexity index is 765. The number of nitrogens with zero attached hydrogens (tertiary/aromatic N) is 2. The minimum absolute atomic E-state index is 0.0577. The van der Waals surface area contributed by atoms with Gasteiger partial charge in [0, 0.05) is 28.1 Å². The lowest BCUT2D eigenvalue weighted by molar-refractivity contribution is 0.568. The van der Waals surface area contributed by atoms with Crippen molar-refractivity contribution in [1.29, 1.82) is 0 Å². The first-order valence-corrected chi connectivity index (χ1v) is 6.67. The maximum atomic E-state index is 5.88. The monoisotopic (exact) mass is 266 g/mol. The van der Waals surface area contributed by atoms with E-state index in [0.29, 0.717) is 5.95 Å². The summed E-state index contributed by atoms with van der Waals surface area (Å²) in [6.45, 7) is 6.36. The molecule has 0 aliphatic carbocycles. The van der Waals surface area contributed by atoms with Crippen LogP contribution >= 0.6 is 0 Å². The van der Waals surface area contributed by atoms with E-state index in [1.807, 2.05) is 24.4 Å². The molecule has 2 heterocycles. The van der Waals surface area contributed by atoms with Crippen molar-refractivity contribution in [3.05, 3.63) is 42.2 Å². The average molecular weight is 266 g/mol. The Morgan fingerprint density at radius 2 is 1.90 bits per heavy atom. The fourth-order valence-electron chi connectivity index (χ4n) is 2.30. The Labute approximate surface area is 118 Å². The number of nitrogens with one attached hydrogen (secondary N) is 1. The van der Waals surface area contributed by atoms with Crippen molar-refractivity contribution in [3.8, 4) is 11.3 Å². The fraction of sp³-hybridized carbons (Fsp3) is 0.250. The van der Waals surface area contributed by atoms with Crippen molar-refractivity contribution in [2.75, 3.05) is 5.73 Å². The smallest absolute Gasteiger partial charge is 0.220 e. The third kappa shape index (κ3) is 2.13. The zero-order chi connectivity index (χ0) is 14.3. The first kappa shape index (κ1) is 12.7. The molecule has 0 radical (unpaired) electrons. The third-order valence-electron chi connectivity index (χ3n) is 3.38. The summed E-state index contributed by atoms with van der Waals surface area (Å²) in [5.41, 5.74) is 9.81. The van der Waals surface area contributed by atoms with Crippen LogP contribution in [0.4, 0.5) is 5.95 Å². The molecule has 0 unspecified atom stereocenters. The SMILES string of the molecule is CC(C)(C)c1cc(-c2cccc3[nH]ccc23)nc(N)n1. The quantitative estimate of drug-likeness (QED) is 0.708. The summed E-state index contributed by atoms with van der Waals surface area (Å²) in [6.07, 6.45) is 1.93. The highest BCUT2D eigenvalue weighted by atomic mass is 15.0. The first-order chi connectivity index (χ1) is 9.45. The molecule has 4 nitrogen and oxygen atoms in total. The van der Waals surface area contributed by atoms with E-state index in [-0.39, 0.29) is 5.41 Å². The Kier molecular flexibility index (Phi) is 2.74. The van der Waals surface area contributed by atoms with Gasteiger partial charge in [-0.25, -0.2) is 9.97 Å². The van der Waals surface area contributed by atoms with E-state index in [1.54, 1.807) is 0 Å². The Hall–Kier alpha value is -2.36. The molecular formula is C16H18N4. The third-order valence-corrected chi connectivity index (χ3v) is 3.38. The molecule has 0 saturated carbocycles. The number of fused-ring (bicyclic) bond motifs is 1. The number of nitrogens with two attached hydrogens (primary N) is 1. The summed E-state index contributed by atoms with van der Waals surface area (Å²) in [6, 6.07) is 10.2. The summed E-state index contributed by atoms with van der Waals surface area (Å²) in [4.78, 5) is 12.0. The average Bonchev–Trinajstić information content (AvgIpc) is 2.84. The molecule has 3 rings (SSSR count). The first-order valence-electron chi connectivity index (χ1n) is 6.67. The van der Waals surface area contributed by atoms with Crippen LogP contribution in [-0.4, -0.2) is 15.0 Å². The van der Waals surface area contributed by atoms with E-state index in [9.17, 15) is 0 Å². The number of benzene rings is 1. The van der Waals surface area contributed by atoms with Gasteiger partial charge in [-0.3, -0.25) is 0 Å². The number of rotatable bonds is 1. The van der Waals surface area contributed by atoms with Gasteiger partial charge in [-0.2, -0.15) is 0 Å². The van der Waals surface area contributed by atoms with Gasteiger partial charge in [0.2, 0.25) is 5.95 Å². The molecule has 4 heteroatoms. The normalized spacial score (nSPS) is 11.9. The molecule has 0 aliphatic heterocycles. The number of nitrogen functional groups attached to an aromatic ring is 1. The molecule has 2 aromatic heterocycles. The van der Waals surface area contributed by atoms with Crippen molar-refractivity contribution in [2.24, 2.45) is 0 Å². The minimum Gasteiger partial charge on any atom is -0.368 e. The largest absolute Gasteiger partial charge is 0.368 e. The van der Waals surface area contributed by atoms with E-state index in [0.717, 1.165) is 27.9 Å². The van der Waals surface area contributed by atoms with Crippen LogP contribution in [0.3, 0.4) is 0 Å². The van der Waals surface area contributed by atoms with Gasteiger partial charge >= 0.3 is 0 Å². The highest BCUT2D eigenvalue weighted by molar-refractivity contribution is 5.94. The van der Waals surface area contributed by atoms with Crippen molar-refractivity contribution in [1.82, 2.24) is 15.0 Å². The molecule has 0 fully saturated rings. The van der Waals surface area contributed by atoms with Gasteiger partial charge < -0.3 is 10.7 Å². The van der Waals surface area contributed by atoms with Gasteiger partial charge in [0.25, 0.3) is 0 Å². The van der Waals surface area contributed by atoms with Crippen LogP contribution in [0.25, 0.3) is 22.2 Å². The number of aromatic amines is 1. The zero-order valence-corrected chi connectivity index (χ0v) is 11.9. The van der Waals surface area contributed by atoms with E-state index in [1.165, 1.54) is 0 Å². The molecule has 0 spiro atoms. The minimum atomic E-state index is -0.0577. The van der Waals surface area contributed by atoms with Gasteiger partial charge in [0.1, 0.15) is 0 Å². The summed E-state index contributed by atoms with van der Waals surface area (Å²) in [5.74, 6) is 0.319. The Balaban J connectivity index is 2.24. The van der Waals surface area contributed by atoms with Crippen LogP contribution in [-0.2, 0) is 5.41 Å². The highest BCUT2D eigenvalue weighted by Gasteiger charge is 2.18. The number of hydrogen-bond acceptors (Lipinski definition) is 3. The predicted molar refractivity (Wildman–Crippen MR) is 82.4 cm³/mol. The molecule has 0 aliphatic rings. The molecule has 3 aromatic rings. The molecule has 0 amide bonds. The molecule has 0 saturated heterocycles. The maximum Gasteiger partial charge on any atom is 0.220 e. The number of H-pyrrole nitrogens is 1. The van der Waals surface area contributed by atoms with Crippen molar-refractivity contribution < 1.29 is 0 Å². The van der Waals surface area contributed by atoms with Gasteiger partial charge in [-0.15, -0.1) is 0 Å². The van der Waals surface area contributed by atoms with Gasteiger partial charge in [-0.1, -0.05) is 32.9 Å².